The van der Waals surface area contributed by atoms with Gasteiger partial charge < -0.3 is 10.1 Å². The van der Waals surface area contributed by atoms with Crippen molar-refractivity contribution in [3.63, 3.8) is 0 Å². The quantitative estimate of drug-likeness (QED) is 0.491. The lowest BCUT2D eigenvalue weighted by molar-refractivity contribution is 0.105. The van der Waals surface area contributed by atoms with E-state index in [0.717, 1.165) is 22.1 Å². The summed E-state index contributed by atoms with van der Waals surface area (Å²) < 4.78 is 5.73. The van der Waals surface area contributed by atoms with E-state index in [1.54, 1.807) is 6.20 Å². The van der Waals surface area contributed by atoms with E-state index in [-0.39, 0.29) is 5.78 Å². The predicted molar refractivity (Wildman–Crippen MR) is 94.4 cm³/mol. The molecule has 0 aliphatic heterocycles. The van der Waals surface area contributed by atoms with Crippen LogP contribution in [0.2, 0.25) is 0 Å². The number of ether oxygens (including phenoxy) is 1. The topological polar surface area (TPSA) is 38.3 Å². The van der Waals surface area contributed by atoms with Crippen molar-refractivity contribution in [2.24, 2.45) is 0 Å². The molecule has 114 valence electrons. The minimum absolute atomic E-state index is 0.00321. The van der Waals surface area contributed by atoms with Crippen molar-refractivity contribution in [2.45, 2.75) is 0 Å². The van der Waals surface area contributed by atoms with Crippen molar-refractivity contribution >= 4 is 22.8 Å². The summed E-state index contributed by atoms with van der Waals surface area (Å²) in [6.45, 7) is 0. The minimum Gasteiger partial charge on any atom is -0.457 e. The number of rotatable bonds is 6. The maximum atomic E-state index is 11.8. The Kier molecular flexibility index (Phi) is 4.86. The number of benzene rings is 2. The molecule has 1 N–H and O–H groups in total. The average molecular weight is 321 g/mol. The molecule has 23 heavy (non-hydrogen) atoms. The van der Waals surface area contributed by atoms with Gasteiger partial charge >= 0.3 is 0 Å². The molecule has 1 aromatic heterocycles. The number of hydrogen-bond donors (Lipinski definition) is 1. The number of ketones is 1. The second-order valence-electron chi connectivity index (χ2n) is 4.76. The molecule has 1 heterocycles. The van der Waals surface area contributed by atoms with Crippen LogP contribution in [0.25, 0.3) is 0 Å². The van der Waals surface area contributed by atoms with E-state index >= 15 is 0 Å². The normalized spacial score (nSPS) is 10.6. The van der Waals surface area contributed by atoms with Crippen LogP contribution in [0.1, 0.15) is 9.67 Å². The SMILES string of the molecule is O=C(/C=C/Nc1ccc(Oc2ccccc2)cc1)c1cccs1. The maximum absolute atomic E-state index is 11.8. The summed E-state index contributed by atoms with van der Waals surface area (Å²) in [6, 6.07) is 20.9. The highest BCUT2D eigenvalue weighted by Crippen LogP contribution is 2.22. The molecule has 0 atom stereocenters. The van der Waals surface area contributed by atoms with Gasteiger partial charge in [-0.3, -0.25) is 4.79 Å². The molecule has 3 nitrogen and oxygen atoms in total. The average Bonchev–Trinajstić information content (AvgIpc) is 3.12. The highest BCUT2D eigenvalue weighted by Gasteiger charge is 2.01. The Morgan fingerprint density at radius 3 is 2.35 bits per heavy atom. The van der Waals surface area contributed by atoms with E-state index in [9.17, 15) is 4.79 Å². The summed E-state index contributed by atoms with van der Waals surface area (Å²) >= 11 is 1.44. The van der Waals surface area contributed by atoms with Gasteiger partial charge in [0.15, 0.2) is 5.78 Å². The van der Waals surface area contributed by atoms with Crippen molar-refractivity contribution in [1.29, 1.82) is 0 Å². The highest BCUT2D eigenvalue weighted by atomic mass is 32.1. The van der Waals surface area contributed by atoms with Gasteiger partial charge in [-0.05, 0) is 47.8 Å². The number of nitrogens with one attached hydrogen (secondary N) is 1. The fourth-order valence-corrected chi connectivity index (χ4v) is 2.60. The van der Waals surface area contributed by atoms with Gasteiger partial charge in [-0.25, -0.2) is 0 Å². The number of thiophene rings is 1. The van der Waals surface area contributed by atoms with E-state index in [0.29, 0.717) is 0 Å². The third-order valence-corrected chi connectivity index (χ3v) is 3.97. The van der Waals surface area contributed by atoms with Crippen LogP contribution in [0, 0.1) is 0 Å². The summed E-state index contributed by atoms with van der Waals surface area (Å²) in [5.41, 5.74) is 0.889. The molecule has 0 aliphatic carbocycles. The number of carbonyl (C=O) groups excluding carboxylic acids is 1. The van der Waals surface area contributed by atoms with E-state index < -0.39 is 0 Å². The zero-order chi connectivity index (χ0) is 15.9. The van der Waals surface area contributed by atoms with Crippen molar-refractivity contribution in [1.82, 2.24) is 0 Å². The van der Waals surface area contributed by atoms with Gasteiger partial charge in [-0.15, -0.1) is 11.3 Å². The Labute approximate surface area is 138 Å². The van der Waals surface area contributed by atoms with Crippen LogP contribution in [-0.4, -0.2) is 5.78 Å². The van der Waals surface area contributed by atoms with E-state index in [4.69, 9.17) is 4.74 Å². The van der Waals surface area contributed by atoms with Gasteiger partial charge in [-0.2, -0.15) is 0 Å². The lowest BCUT2D eigenvalue weighted by Crippen LogP contribution is -1.93. The number of para-hydroxylation sites is 1. The first-order valence-corrected chi connectivity index (χ1v) is 8.03. The predicted octanol–water partition coefficient (Wildman–Crippen LogP) is 5.35. The monoisotopic (exact) mass is 321 g/mol. The zero-order valence-corrected chi connectivity index (χ0v) is 13.1. The summed E-state index contributed by atoms with van der Waals surface area (Å²) in [6.07, 6.45) is 3.18. The molecule has 0 unspecified atom stereocenters. The first-order chi connectivity index (χ1) is 11.3. The molecule has 0 spiro atoms. The smallest absolute Gasteiger partial charge is 0.197 e. The Bertz CT molecular complexity index is 778. The zero-order valence-electron chi connectivity index (χ0n) is 12.3. The van der Waals surface area contributed by atoms with Crippen molar-refractivity contribution in [2.75, 3.05) is 5.32 Å². The molecule has 0 saturated heterocycles. The second kappa shape index (κ2) is 7.42. The molecule has 0 radical (unpaired) electrons. The maximum Gasteiger partial charge on any atom is 0.197 e. The molecule has 2 aromatic carbocycles. The van der Waals surface area contributed by atoms with Gasteiger partial charge in [0.25, 0.3) is 0 Å². The molecule has 3 aromatic rings. The van der Waals surface area contributed by atoms with Crippen LogP contribution in [0.3, 0.4) is 0 Å². The first-order valence-electron chi connectivity index (χ1n) is 7.15. The number of carbonyl (C=O) groups is 1. The molecule has 4 heteroatoms. The van der Waals surface area contributed by atoms with Gasteiger partial charge in [-0.1, -0.05) is 24.3 Å². The lowest BCUT2D eigenvalue weighted by Gasteiger charge is -2.06. The van der Waals surface area contributed by atoms with E-state index in [1.165, 1.54) is 17.4 Å². The number of hydrogen-bond acceptors (Lipinski definition) is 4. The summed E-state index contributed by atoms with van der Waals surface area (Å²) in [7, 11) is 0. The van der Waals surface area contributed by atoms with Gasteiger partial charge in [0.1, 0.15) is 11.5 Å². The largest absolute Gasteiger partial charge is 0.457 e. The Morgan fingerprint density at radius 1 is 0.913 bits per heavy atom. The molecule has 0 saturated carbocycles. The Morgan fingerprint density at radius 2 is 1.65 bits per heavy atom. The standard InChI is InChI=1S/C19H15NO2S/c21-18(19-7-4-14-23-19)12-13-20-15-8-10-17(11-9-15)22-16-5-2-1-3-6-16/h1-14,20H/b13-12+. The summed E-state index contributed by atoms with van der Waals surface area (Å²) in [5.74, 6) is 1.56. The summed E-state index contributed by atoms with van der Waals surface area (Å²) in [5, 5.41) is 4.97. The minimum atomic E-state index is -0.00321. The van der Waals surface area contributed by atoms with Crippen molar-refractivity contribution < 1.29 is 9.53 Å². The molecule has 0 fully saturated rings. The van der Waals surface area contributed by atoms with E-state index in [1.807, 2.05) is 72.1 Å². The van der Waals surface area contributed by atoms with Crippen LogP contribution in [-0.2, 0) is 0 Å². The van der Waals surface area contributed by atoms with Crippen LogP contribution < -0.4 is 10.1 Å². The van der Waals surface area contributed by atoms with Crippen molar-refractivity contribution in [3.05, 3.63) is 89.3 Å². The fourth-order valence-electron chi connectivity index (χ4n) is 1.96. The molecule has 0 aliphatic rings. The van der Waals surface area contributed by atoms with Gasteiger partial charge in [0, 0.05) is 18.0 Å². The second-order valence-corrected chi connectivity index (χ2v) is 5.71. The molecule has 3 rings (SSSR count). The van der Waals surface area contributed by atoms with Gasteiger partial charge in [0.05, 0.1) is 4.88 Å². The summed E-state index contributed by atoms with van der Waals surface area (Å²) in [4.78, 5) is 12.5. The van der Waals surface area contributed by atoms with E-state index in [2.05, 4.69) is 5.32 Å². The van der Waals surface area contributed by atoms with Crippen molar-refractivity contribution in [3.8, 4) is 11.5 Å². The number of allylic oxidation sites excluding steroid dienone is 1. The fraction of sp³-hybridized carbons (Fsp3) is 0. The van der Waals surface area contributed by atoms with Crippen LogP contribution >= 0.6 is 11.3 Å². The molecular formula is C19H15NO2S. The van der Waals surface area contributed by atoms with Crippen LogP contribution in [0.4, 0.5) is 5.69 Å². The Balaban J connectivity index is 1.56. The first kappa shape index (κ1) is 15.1. The third-order valence-electron chi connectivity index (χ3n) is 3.08. The third kappa shape index (κ3) is 4.31. The van der Waals surface area contributed by atoms with Gasteiger partial charge in [0.2, 0.25) is 0 Å². The molecule has 0 bridgehead atoms. The number of anilines is 1. The Hall–Kier alpha value is -2.85. The lowest BCUT2D eigenvalue weighted by atomic mass is 10.3. The van der Waals surface area contributed by atoms with Crippen LogP contribution in [0.5, 0.6) is 11.5 Å². The highest BCUT2D eigenvalue weighted by molar-refractivity contribution is 7.12. The molecular weight excluding hydrogens is 306 g/mol. The van der Waals surface area contributed by atoms with Crippen LogP contribution in [0.15, 0.2) is 84.4 Å². The molecule has 0 amide bonds.